The number of H-pyrrole nitrogens is 1. The molecule has 1 saturated heterocycles. The maximum Gasteiger partial charge on any atom is 0.530 e. The van der Waals surface area contributed by atoms with Gasteiger partial charge in [0.25, 0.3) is 5.56 Å². The van der Waals surface area contributed by atoms with Crippen LogP contribution >= 0.6 is 19.4 Å². The smallest absolute Gasteiger partial charge is 0.404 e. The van der Waals surface area contributed by atoms with Gasteiger partial charge in [-0.1, -0.05) is 11.6 Å². The van der Waals surface area contributed by atoms with Crippen LogP contribution in [-0.4, -0.2) is 22.3 Å². The zero-order valence-electron chi connectivity index (χ0n) is 14.9. The van der Waals surface area contributed by atoms with E-state index in [4.69, 9.17) is 29.9 Å². The lowest BCUT2D eigenvalue weighted by molar-refractivity contribution is -0.0265. The summed E-state index contributed by atoms with van der Waals surface area (Å²) in [7, 11) is -3.77. The van der Waals surface area contributed by atoms with E-state index in [1.165, 1.54) is 10.8 Å². The number of aromatic amines is 1. The molecule has 1 fully saturated rings. The standard InChI is InChI=1S/C17H18ClN2O7P/c1-10-7-20(17(22)19-16(10)21)15-5-3-13(26-15)9-25-28(23)24-8-11-6-12(18)2-4-14(11)27-28/h2,4,6-7,13,15H,3,5,8-9H2,1H3,(H,19,21,22)/t13-,15+,28?/m0/s1. The number of phosphoric acid groups is 1. The first-order valence-corrected chi connectivity index (χ1v) is 10.5. The van der Waals surface area contributed by atoms with Gasteiger partial charge in [0, 0.05) is 22.3 Å². The summed E-state index contributed by atoms with van der Waals surface area (Å²) in [5, 5.41) is 0.529. The van der Waals surface area contributed by atoms with Gasteiger partial charge >= 0.3 is 13.5 Å². The molecule has 0 bridgehead atoms. The molecule has 28 heavy (non-hydrogen) atoms. The molecule has 1 unspecified atom stereocenters. The number of nitrogens with one attached hydrogen (secondary N) is 1. The normalized spacial score (nSPS) is 26.6. The average molecular weight is 429 g/mol. The summed E-state index contributed by atoms with van der Waals surface area (Å²) in [5.74, 6) is 0.402. The van der Waals surface area contributed by atoms with Crippen molar-refractivity contribution in [1.82, 2.24) is 9.55 Å². The van der Waals surface area contributed by atoms with Gasteiger partial charge in [0.15, 0.2) is 0 Å². The average Bonchev–Trinajstić information content (AvgIpc) is 3.12. The van der Waals surface area contributed by atoms with E-state index in [1.807, 2.05) is 0 Å². The molecule has 2 aromatic rings. The SMILES string of the molecule is Cc1cn([C@H]2CC[C@@H](COP3(=O)OCc4cc(Cl)ccc4O3)O2)c(=O)[nH]c1=O. The second-order valence-corrected chi connectivity index (χ2v) is 8.66. The lowest BCUT2D eigenvalue weighted by Crippen LogP contribution is -2.33. The van der Waals surface area contributed by atoms with Crippen molar-refractivity contribution in [2.75, 3.05) is 6.61 Å². The molecule has 4 rings (SSSR count). The van der Waals surface area contributed by atoms with Crippen molar-refractivity contribution in [3.8, 4) is 5.75 Å². The first kappa shape index (κ1) is 19.4. The van der Waals surface area contributed by atoms with Gasteiger partial charge in [-0.05, 0) is 38.0 Å². The van der Waals surface area contributed by atoms with Crippen molar-refractivity contribution in [3.63, 3.8) is 0 Å². The molecule has 2 aliphatic rings. The van der Waals surface area contributed by atoms with E-state index in [2.05, 4.69) is 4.98 Å². The molecule has 0 saturated carbocycles. The van der Waals surface area contributed by atoms with Crippen molar-refractivity contribution in [2.45, 2.75) is 38.7 Å². The van der Waals surface area contributed by atoms with Crippen molar-refractivity contribution >= 4 is 19.4 Å². The summed E-state index contributed by atoms with van der Waals surface area (Å²) < 4.78 is 35.9. The molecule has 1 aromatic carbocycles. The number of phosphoric ester groups is 1. The first-order valence-electron chi connectivity index (χ1n) is 8.68. The van der Waals surface area contributed by atoms with Gasteiger partial charge in [0.05, 0.1) is 19.3 Å². The van der Waals surface area contributed by atoms with Crippen molar-refractivity contribution in [2.24, 2.45) is 0 Å². The number of nitrogens with zero attached hydrogens (tertiary/aromatic N) is 1. The third-order valence-electron chi connectivity index (χ3n) is 4.57. The summed E-state index contributed by atoms with van der Waals surface area (Å²) in [6.07, 6.45) is 1.67. The van der Waals surface area contributed by atoms with Crippen LogP contribution in [0, 0.1) is 6.92 Å². The van der Waals surface area contributed by atoms with Crippen LogP contribution in [0.5, 0.6) is 5.75 Å². The minimum absolute atomic E-state index is 0.0201. The van der Waals surface area contributed by atoms with Crippen LogP contribution in [0.25, 0.3) is 0 Å². The zero-order valence-corrected chi connectivity index (χ0v) is 16.6. The fourth-order valence-corrected chi connectivity index (χ4v) is 4.54. The Morgan fingerprint density at radius 3 is 3.00 bits per heavy atom. The number of fused-ring (bicyclic) bond motifs is 1. The lowest BCUT2D eigenvalue weighted by atomic mass is 10.2. The van der Waals surface area contributed by atoms with E-state index in [-0.39, 0.29) is 13.2 Å². The van der Waals surface area contributed by atoms with Crippen molar-refractivity contribution < 1.29 is 22.9 Å². The number of benzene rings is 1. The third kappa shape index (κ3) is 3.94. The van der Waals surface area contributed by atoms with Crippen LogP contribution in [0.3, 0.4) is 0 Å². The van der Waals surface area contributed by atoms with Gasteiger partial charge in [-0.25, -0.2) is 9.36 Å². The van der Waals surface area contributed by atoms with E-state index in [0.717, 1.165) is 0 Å². The molecule has 3 heterocycles. The predicted octanol–water partition coefficient (Wildman–Crippen LogP) is 2.91. The van der Waals surface area contributed by atoms with E-state index >= 15 is 0 Å². The Morgan fingerprint density at radius 1 is 1.36 bits per heavy atom. The molecule has 1 N–H and O–H groups in total. The summed E-state index contributed by atoms with van der Waals surface area (Å²) in [4.78, 5) is 25.7. The van der Waals surface area contributed by atoms with Gasteiger partial charge in [-0.15, -0.1) is 0 Å². The van der Waals surface area contributed by atoms with Gasteiger partial charge in [-0.3, -0.25) is 23.4 Å². The van der Waals surface area contributed by atoms with Gasteiger partial charge < -0.3 is 9.26 Å². The van der Waals surface area contributed by atoms with Crippen LogP contribution in [0.1, 0.15) is 30.2 Å². The van der Waals surface area contributed by atoms with E-state index < -0.39 is 31.4 Å². The molecule has 150 valence electrons. The number of hydrogen-bond acceptors (Lipinski definition) is 7. The predicted molar refractivity (Wildman–Crippen MR) is 99.6 cm³/mol. The topological polar surface area (TPSA) is 109 Å². The van der Waals surface area contributed by atoms with Gasteiger partial charge in [0.2, 0.25) is 0 Å². The minimum Gasteiger partial charge on any atom is -0.404 e. The summed E-state index contributed by atoms with van der Waals surface area (Å²) >= 11 is 5.92. The van der Waals surface area contributed by atoms with Crippen molar-refractivity contribution in [1.29, 1.82) is 0 Å². The number of ether oxygens (including phenoxy) is 1. The molecular weight excluding hydrogens is 411 g/mol. The second kappa shape index (κ2) is 7.50. The second-order valence-electron chi connectivity index (χ2n) is 6.63. The molecule has 11 heteroatoms. The highest BCUT2D eigenvalue weighted by atomic mass is 35.5. The summed E-state index contributed by atoms with van der Waals surface area (Å²) in [5.41, 5.74) is 0.136. The molecular formula is C17H18ClN2O7P. The number of rotatable bonds is 4. The van der Waals surface area contributed by atoms with Gasteiger partial charge in [-0.2, -0.15) is 0 Å². The van der Waals surface area contributed by atoms with Crippen LogP contribution in [-0.2, 0) is 25.0 Å². The molecule has 3 atom stereocenters. The molecule has 1 aromatic heterocycles. The Bertz CT molecular complexity index is 1070. The maximum absolute atomic E-state index is 12.7. The van der Waals surface area contributed by atoms with Crippen LogP contribution in [0.4, 0.5) is 0 Å². The van der Waals surface area contributed by atoms with Crippen LogP contribution in [0.15, 0.2) is 34.0 Å². The third-order valence-corrected chi connectivity index (χ3v) is 6.14. The fraction of sp³-hybridized carbons (Fsp3) is 0.412. The maximum atomic E-state index is 12.7. The van der Waals surface area contributed by atoms with Crippen molar-refractivity contribution in [3.05, 3.63) is 61.4 Å². The summed E-state index contributed by atoms with van der Waals surface area (Å²) in [6, 6.07) is 4.92. The van der Waals surface area contributed by atoms with Crippen LogP contribution < -0.4 is 15.8 Å². The Morgan fingerprint density at radius 2 is 2.18 bits per heavy atom. The Kier molecular flexibility index (Phi) is 5.20. The molecule has 0 aliphatic carbocycles. The van der Waals surface area contributed by atoms with Crippen LogP contribution in [0.2, 0.25) is 5.02 Å². The van der Waals surface area contributed by atoms with E-state index in [9.17, 15) is 14.2 Å². The molecule has 2 aliphatic heterocycles. The largest absolute Gasteiger partial charge is 0.530 e. The van der Waals surface area contributed by atoms with Gasteiger partial charge in [0.1, 0.15) is 12.0 Å². The monoisotopic (exact) mass is 428 g/mol. The number of halogens is 1. The van der Waals surface area contributed by atoms with E-state index in [0.29, 0.717) is 34.7 Å². The number of hydrogen-bond donors (Lipinski definition) is 1. The molecule has 0 amide bonds. The number of aryl methyl sites for hydroxylation is 1. The fourth-order valence-electron chi connectivity index (χ4n) is 3.10. The number of aromatic nitrogens is 2. The quantitative estimate of drug-likeness (QED) is 0.746. The molecule has 0 spiro atoms. The first-order chi connectivity index (χ1) is 13.3. The van der Waals surface area contributed by atoms with E-state index in [1.54, 1.807) is 25.1 Å². The highest BCUT2D eigenvalue weighted by Gasteiger charge is 2.37. The summed E-state index contributed by atoms with van der Waals surface area (Å²) in [6.45, 7) is 1.65. The molecule has 0 radical (unpaired) electrons. The highest BCUT2D eigenvalue weighted by Crippen LogP contribution is 2.55. The highest BCUT2D eigenvalue weighted by molar-refractivity contribution is 7.49. The Hall–Kier alpha value is -1.90. The Labute approximate surface area is 164 Å². The Balaban J connectivity index is 1.38. The minimum atomic E-state index is -3.77. The molecule has 9 nitrogen and oxygen atoms in total. The zero-order chi connectivity index (χ0) is 19.9. The lowest BCUT2D eigenvalue weighted by Gasteiger charge is -2.25.